The van der Waals surface area contributed by atoms with Crippen LogP contribution >= 0.6 is 11.3 Å². The summed E-state index contributed by atoms with van der Waals surface area (Å²) in [5.41, 5.74) is 10.7. The Kier molecular flexibility index (Phi) is 6.80. The van der Waals surface area contributed by atoms with Crippen molar-refractivity contribution in [1.29, 1.82) is 0 Å². The number of fused-ring (bicyclic) bond motifs is 10. The van der Waals surface area contributed by atoms with Crippen LogP contribution in [-0.2, 0) is 0 Å². The van der Waals surface area contributed by atoms with Crippen LogP contribution in [0.2, 0.25) is 0 Å². The van der Waals surface area contributed by atoms with Gasteiger partial charge in [-0.05, 0) is 70.9 Å². The monoisotopic (exact) mass is 732 g/mol. The fourth-order valence-electron chi connectivity index (χ4n) is 8.90. The van der Waals surface area contributed by atoms with Gasteiger partial charge in [0.15, 0.2) is 0 Å². The topological polar surface area (TPSA) is 21.3 Å². The number of para-hydroxylation sites is 4. The first-order valence-electron chi connectivity index (χ1n) is 19.0. The zero-order valence-electron chi connectivity index (χ0n) is 30.2. The molecule has 0 unspecified atom stereocenters. The van der Waals surface area contributed by atoms with E-state index in [4.69, 9.17) is 4.42 Å². The summed E-state index contributed by atoms with van der Waals surface area (Å²) in [6, 6.07) is 70.2. The molecule has 9 aromatic carbocycles. The van der Waals surface area contributed by atoms with Crippen molar-refractivity contribution < 1.29 is 4.42 Å². The van der Waals surface area contributed by atoms with Gasteiger partial charge in [0.05, 0.1) is 22.1 Å². The van der Waals surface area contributed by atoms with E-state index in [-0.39, 0.29) is 0 Å². The molecule has 3 nitrogen and oxygen atoms in total. The van der Waals surface area contributed by atoms with Crippen molar-refractivity contribution in [2.75, 3.05) is 4.90 Å². The lowest BCUT2D eigenvalue weighted by atomic mass is 9.97. The van der Waals surface area contributed by atoms with Gasteiger partial charge in [0.2, 0.25) is 0 Å². The Morgan fingerprint density at radius 2 is 1.16 bits per heavy atom. The largest absolute Gasteiger partial charge is 0.456 e. The molecule has 4 heteroatoms. The van der Waals surface area contributed by atoms with E-state index in [0.717, 1.165) is 55.7 Å². The van der Waals surface area contributed by atoms with Gasteiger partial charge in [0, 0.05) is 65.0 Å². The molecule has 0 saturated heterocycles. The average molecular weight is 733 g/mol. The Morgan fingerprint density at radius 1 is 0.446 bits per heavy atom. The number of thiophene rings is 1. The molecule has 3 aromatic heterocycles. The summed E-state index contributed by atoms with van der Waals surface area (Å²) >= 11 is 1.85. The number of nitrogens with zero attached hydrogens (tertiary/aromatic N) is 2. The van der Waals surface area contributed by atoms with Crippen LogP contribution in [0, 0.1) is 0 Å². The van der Waals surface area contributed by atoms with Crippen LogP contribution in [0.25, 0.3) is 91.5 Å². The zero-order valence-corrected chi connectivity index (χ0v) is 31.0. The number of hydrogen-bond acceptors (Lipinski definition) is 3. The highest BCUT2D eigenvalue weighted by Crippen LogP contribution is 2.52. The number of aromatic nitrogens is 1. The summed E-state index contributed by atoms with van der Waals surface area (Å²) in [7, 11) is 0. The van der Waals surface area contributed by atoms with Gasteiger partial charge >= 0.3 is 0 Å². The summed E-state index contributed by atoms with van der Waals surface area (Å²) < 4.78 is 11.8. The van der Waals surface area contributed by atoms with E-state index in [0.29, 0.717) is 0 Å². The number of benzene rings is 9. The number of hydrogen-bond donors (Lipinski definition) is 0. The fourth-order valence-corrected chi connectivity index (χ4v) is 10.0. The van der Waals surface area contributed by atoms with Crippen LogP contribution in [0.1, 0.15) is 0 Å². The van der Waals surface area contributed by atoms with E-state index in [1.165, 1.54) is 52.8 Å². The molecule has 3 heterocycles. The van der Waals surface area contributed by atoms with Gasteiger partial charge in [-0.2, -0.15) is 0 Å². The molecule has 0 saturated carbocycles. The van der Waals surface area contributed by atoms with Crippen LogP contribution in [0.5, 0.6) is 0 Å². The second kappa shape index (κ2) is 12.2. The summed E-state index contributed by atoms with van der Waals surface area (Å²) in [4.78, 5) is 2.47. The smallest absolute Gasteiger partial charge is 0.139 e. The standard InChI is InChI=1S/C52H32N2OS/c1-3-16-36(17-4-1)53(38-28-29-41-40-20-10-12-25-47(40)56-48(41)31-38)52-49-43-23-13-22-39(35-27-26-33-14-7-8-15-34(33)30-35)51(43)54(37-18-5-2-6-19-37)44(49)32-46-50(52)42-21-9-11-24-45(42)55-46/h1-32H. The highest BCUT2D eigenvalue weighted by Gasteiger charge is 2.28. The van der Waals surface area contributed by atoms with Crippen LogP contribution in [-0.4, -0.2) is 4.57 Å². The maximum absolute atomic E-state index is 6.85. The SMILES string of the molecule is c1ccc(N(c2ccc3c(c2)sc2ccccc23)c2c3c(cc4c2c2cccc(-c5ccc6ccccc6c5)c2n4-c2ccccc2)oc2ccccc23)cc1. The lowest BCUT2D eigenvalue weighted by Crippen LogP contribution is -2.11. The molecule has 12 aromatic rings. The first-order chi connectivity index (χ1) is 27.8. The minimum absolute atomic E-state index is 0.852. The minimum atomic E-state index is 0.852. The molecule has 0 aliphatic heterocycles. The second-order valence-corrected chi connectivity index (χ2v) is 15.6. The molecule has 12 rings (SSSR count). The first kappa shape index (κ1) is 31.2. The molecule has 56 heavy (non-hydrogen) atoms. The highest BCUT2D eigenvalue weighted by atomic mass is 32.1. The lowest BCUT2D eigenvalue weighted by Gasteiger charge is -2.27. The Hall–Kier alpha value is -7.14. The summed E-state index contributed by atoms with van der Waals surface area (Å²) in [6.07, 6.45) is 0. The van der Waals surface area contributed by atoms with Crippen molar-refractivity contribution in [2.45, 2.75) is 0 Å². The molecular formula is C52H32N2OS. The normalized spacial score (nSPS) is 11.9. The molecule has 0 fully saturated rings. The van der Waals surface area contributed by atoms with Gasteiger partial charge in [-0.1, -0.05) is 133 Å². The lowest BCUT2D eigenvalue weighted by molar-refractivity contribution is 0.669. The van der Waals surface area contributed by atoms with Crippen molar-refractivity contribution in [2.24, 2.45) is 0 Å². The zero-order chi connectivity index (χ0) is 36.7. The van der Waals surface area contributed by atoms with Crippen molar-refractivity contribution in [1.82, 2.24) is 4.57 Å². The van der Waals surface area contributed by atoms with Gasteiger partial charge in [-0.3, -0.25) is 0 Å². The van der Waals surface area contributed by atoms with E-state index in [9.17, 15) is 0 Å². The molecule has 0 aliphatic carbocycles. The summed E-state index contributed by atoms with van der Waals surface area (Å²) in [6.45, 7) is 0. The van der Waals surface area contributed by atoms with Gasteiger partial charge in [-0.15, -0.1) is 11.3 Å². The molecule has 0 N–H and O–H groups in total. The molecule has 0 radical (unpaired) electrons. The Labute approximate surface area is 326 Å². The van der Waals surface area contributed by atoms with Crippen LogP contribution in [0.15, 0.2) is 199 Å². The van der Waals surface area contributed by atoms with Crippen LogP contribution in [0.4, 0.5) is 17.1 Å². The molecular weight excluding hydrogens is 701 g/mol. The van der Waals surface area contributed by atoms with Crippen LogP contribution < -0.4 is 4.90 Å². The number of rotatable bonds is 5. The highest BCUT2D eigenvalue weighted by molar-refractivity contribution is 7.25. The van der Waals surface area contributed by atoms with E-state index in [1.807, 2.05) is 11.3 Å². The minimum Gasteiger partial charge on any atom is -0.456 e. The predicted molar refractivity (Wildman–Crippen MR) is 239 cm³/mol. The third-order valence-electron chi connectivity index (χ3n) is 11.3. The summed E-state index contributed by atoms with van der Waals surface area (Å²) in [5.74, 6) is 0. The van der Waals surface area contributed by atoms with Crippen molar-refractivity contribution in [3.05, 3.63) is 194 Å². The van der Waals surface area contributed by atoms with E-state index < -0.39 is 0 Å². The quantitative estimate of drug-likeness (QED) is 0.176. The van der Waals surface area contributed by atoms with Gasteiger partial charge in [0.1, 0.15) is 11.2 Å². The third-order valence-corrected chi connectivity index (χ3v) is 12.5. The van der Waals surface area contributed by atoms with Gasteiger partial charge in [-0.25, -0.2) is 0 Å². The van der Waals surface area contributed by atoms with Gasteiger partial charge < -0.3 is 13.9 Å². The fraction of sp³-hybridized carbons (Fsp3) is 0. The maximum Gasteiger partial charge on any atom is 0.139 e. The van der Waals surface area contributed by atoms with E-state index >= 15 is 0 Å². The Bertz CT molecular complexity index is 3480. The molecule has 0 aliphatic rings. The number of furan rings is 1. The van der Waals surface area contributed by atoms with Crippen molar-refractivity contribution >= 4 is 103 Å². The van der Waals surface area contributed by atoms with E-state index in [2.05, 4.69) is 204 Å². The maximum atomic E-state index is 6.85. The summed E-state index contributed by atoms with van der Waals surface area (Å²) in [5, 5.41) is 9.57. The predicted octanol–water partition coefficient (Wildman–Crippen LogP) is 15.3. The van der Waals surface area contributed by atoms with Crippen molar-refractivity contribution in [3.63, 3.8) is 0 Å². The first-order valence-corrected chi connectivity index (χ1v) is 19.8. The average Bonchev–Trinajstić information content (AvgIpc) is 3.93. The molecule has 0 bridgehead atoms. The Balaban J connectivity index is 1.27. The number of anilines is 3. The third kappa shape index (κ3) is 4.63. The Morgan fingerprint density at radius 3 is 2.04 bits per heavy atom. The van der Waals surface area contributed by atoms with Crippen LogP contribution in [0.3, 0.4) is 0 Å². The molecule has 262 valence electrons. The molecule has 0 atom stereocenters. The van der Waals surface area contributed by atoms with Gasteiger partial charge in [0.25, 0.3) is 0 Å². The van der Waals surface area contributed by atoms with Crippen molar-refractivity contribution in [3.8, 4) is 16.8 Å². The van der Waals surface area contributed by atoms with E-state index in [1.54, 1.807) is 0 Å². The second-order valence-electron chi connectivity index (χ2n) is 14.5. The molecule has 0 spiro atoms. The molecule has 0 amide bonds.